The van der Waals surface area contributed by atoms with Crippen LogP contribution in [0.5, 0.6) is 5.75 Å². The van der Waals surface area contributed by atoms with E-state index in [1.54, 1.807) is 10.9 Å². The van der Waals surface area contributed by atoms with Gasteiger partial charge in [0.05, 0.1) is 10.6 Å². The van der Waals surface area contributed by atoms with E-state index in [0.29, 0.717) is 18.0 Å². The summed E-state index contributed by atoms with van der Waals surface area (Å²) >= 11 is 0. The van der Waals surface area contributed by atoms with Crippen molar-refractivity contribution in [3.05, 3.63) is 65.6 Å². The maximum Gasteiger partial charge on any atom is 0.255 e. The van der Waals surface area contributed by atoms with Crippen LogP contribution in [0.25, 0.3) is 5.82 Å². The summed E-state index contributed by atoms with van der Waals surface area (Å²) in [5.74, 6) is 0.467. The van der Waals surface area contributed by atoms with Gasteiger partial charge in [0, 0.05) is 18.4 Å². The third-order valence-electron chi connectivity index (χ3n) is 4.49. The van der Waals surface area contributed by atoms with E-state index in [-0.39, 0.29) is 18.0 Å². The monoisotopic (exact) mass is 429 g/mol. The number of ether oxygens (including phenoxy) is 1. The number of nitrogens with zero attached hydrogens (tertiary/aromatic N) is 3. The van der Waals surface area contributed by atoms with Crippen LogP contribution in [0, 0.1) is 13.8 Å². The Bertz CT molecular complexity index is 1130. The number of carbonyl (C=O) groups is 1. The molecule has 0 bridgehead atoms. The van der Waals surface area contributed by atoms with E-state index in [9.17, 15) is 13.2 Å². The van der Waals surface area contributed by atoms with Crippen molar-refractivity contribution < 1.29 is 17.9 Å². The Labute approximate surface area is 174 Å². The lowest BCUT2D eigenvalue weighted by atomic mass is 10.1. The van der Waals surface area contributed by atoms with Gasteiger partial charge in [-0.15, -0.1) is 0 Å². The van der Waals surface area contributed by atoms with Gasteiger partial charge >= 0.3 is 0 Å². The number of carbonyl (C=O) groups excluding carboxylic acids is 1. The Hall–Kier alpha value is -3.24. The van der Waals surface area contributed by atoms with Gasteiger partial charge in [0.1, 0.15) is 5.75 Å². The topological polar surface area (TPSA) is 129 Å². The van der Waals surface area contributed by atoms with Crippen LogP contribution in [0.4, 0.5) is 0 Å². The van der Waals surface area contributed by atoms with E-state index in [0.717, 1.165) is 17.0 Å². The second-order valence-corrected chi connectivity index (χ2v) is 8.39. The molecule has 0 unspecified atom stereocenters. The van der Waals surface area contributed by atoms with Crippen molar-refractivity contribution in [2.75, 3.05) is 13.2 Å². The highest BCUT2D eigenvalue weighted by molar-refractivity contribution is 7.89. The summed E-state index contributed by atoms with van der Waals surface area (Å²) in [6.45, 7) is 3.78. The number of aryl methyl sites for hydroxylation is 1. The molecule has 9 nitrogen and oxygen atoms in total. The fourth-order valence-electron chi connectivity index (χ4n) is 3.00. The zero-order chi connectivity index (χ0) is 21.7. The molecule has 0 radical (unpaired) electrons. The molecule has 30 heavy (non-hydrogen) atoms. The summed E-state index contributed by atoms with van der Waals surface area (Å²) in [7, 11) is -3.69. The quantitative estimate of drug-likeness (QED) is 0.527. The lowest BCUT2D eigenvalue weighted by molar-refractivity contribution is -0.119. The van der Waals surface area contributed by atoms with Gasteiger partial charge in [-0.1, -0.05) is 6.07 Å². The number of hydrogen-bond acceptors (Lipinski definition) is 6. The van der Waals surface area contributed by atoms with Crippen molar-refractivity contribution in [1.82, 2.24) is 19.5 Å². The van der Waals surface area contributed by atoms with Gasteiger partial charge in [0.15, 0.2) is 12.4 Å². The molecule has 10 heteroatoms. The molecule has 158 valence electrons. The number of hydrogen-bond donors (Lipinski definition) is 2. The molecule has 2 aromatic heterocycles. The summed E-state index contributed by atoms with van der Waals surface area (Å²) < 4.78 is 34.6. The zero-order valence-electron chi connectivity index (χ0n) is 16.7. The van der Waals surface area contributed by atoms with E-state index in [1.165, 1.54) is 24.3 Å². The van der Waals surface area contributed by atoms with Gasteiger partial charge in [-0.05, 0) is 62.2 Å². The summed E-state index contributed by atoms with van der Waals surface area (Å²) in [6.07, 6.45) is 2.19. The van der Waals surface area contributed by atoms with Gasteiger partial charge in [-0.3, -0.25) is 4.79 Å². The summed E-state index contributed by atoms with van der Waals surface area (Å²) in [5.41, 5.74) is 7.73. The van der Waals surface area contributed by atoms with Crippen LogP contribution in [0.2, 0.25) is 0 Å². The molecule has 1 amide bonds. The van der Waals surface area contributed by atoms with Crippen LogP contribution in [0.15, 0.2) is 53.6 Å². The fourth-order valence-corrected chi connectivity index (χ4v) is 4.03. The van der Waals surface area contributed by atoms with Gasteiger partial charge in [-0.2, -0.15) is 5.10 Å². The third-order valence-corrected chi connectivity index (χ3v) is 5.97. The van der Waals surface area contributed by atoms with Gasteiger partial charge in [0.25, 0.3) is 5.91 Å². The molecule has 0 aliphatic carbocycles. The first-order chi connectivity index (χ1) is 14.3. The van der Waals surface area contributed by atoms with Gasteiger partial charge in [0.2, 0.25) is 10.0 Å². The Morgan fingerprint density at radius 1 is 1.17 bits per heavy atom. The molecular weight excluding hydrogens is 406 g/mol. The van der Waals surface area contributed by atoms with Crippen molar-refractivity contribution in [2.24, 2.45) is 5.73 Å². The van der Waals surface area contributed by atoms with Crippen LogP contribution >= 0.6 is 0 Å². The second-order valence-electron chi connectivity index (χ2n) is 6.62. The molecule has 1 aromatic carbocycles. The van der Waals surface area contributed by atoms with Crippen LogP contribution in [0.3, 0.4) is 0 Å². The van der Waals surface area contributed by atoms with E-state index in [2.05, 4.69) is 14.8 Å². The van der Waals surface area contributed by atoms with Crippen LogP contribution < -0.4 is 15.2 Å². The minimum absolute atomic E-state index is 0.103. The minimum atomic E-state index is -3.69. The molecule has 0 saturated carbocycles. The molecule has 0 aliphatic rings. The van der Waals surface area contributed by atoms with Crippen molar-refractivity contribution >= 4 is 15.9 Å². The van der Waals surface area contributed by atoms with Crippen LogP contribution in [0.1, 0.15) is 17.0 Å². The SMILES string of the molecule is Cc1nn(-c2ccccn2)c(C)c1CCNS(=O)(=O)c1ccc(OCC(N)=O)cc1. The average molecular weight is 430 g/mol. The number of sulfonamides is 1. The molecule has 3 aromatic rings. The smallest absolute Gasteiger partial charge is 0.255 e. The first kappa shape index (κ1) is 21.5. The van der Waals surface area contributed by atoms with Crippen LogP contribution in [-0.2, 0) is 21.2 Å². The predicted molar refractivity (Wildman–Crippen MR) is 111 cm³/mol. The maximum atomic E-state index is 12.5. The first-order valence-electron chi connectivity index (χ1n) is 9.25. The summed E-state index contributed by atoms with van der Waals surface area (Å²) in [5, 5.41) is 4.52. The largest absolute Gasteiger partial charge is 0.484 e. The lowest BCUT2D eigenvalue weighted by Crippen LogP contribution is -2.26. The van der Waals surface area contributed by atoms with Crippen molar-refractivity contribution in [2.45, 2.75) is 25.2 Å². The van der Waals surface area contributed by atoms with Crippen molar-refractivity contribution in [1.29, 1.82) is 0 Å². The van der Waals surface area contributed by atoms with Crippen molar-refractivity contribution in [3.63, 3.8) is 0 Å². The Morgan fingerprint density at radius 2 is 1.90 bits per heavy atom. The van der Waals surface area contributed by atoms with Crippen LogP contribution in [-0.4, -0.2) is 42.2 Å². The standard InChI is InChI=1S/C20H23N5O4S/c1-14-18(15(2)25(24-14)20-5-3-4-11-22-20)10-12-23-30(27,28)17-8-6-16(7-9-17)29-13-19(21)26/h3-9,11,23H,10,12-13H2,1-2H3,(H2,21,26). The van der Waals surface area contributed by atoms with Gasteiger partial charge < -0.3 is 10.5 Å². The second kappa shape index (κ2) is 9.06. The average Bonchev–Trinajstić information content (AvgIpc) is 3.01. The number of benzene rings is 1. The highest BCUT2D eigenvalue weighted by Gasteiger charge is 2.17. The zero-order valence-corrected chi connectivity index (χ0v) is 17.5. The molecule has 0 atom stereocenters. The molecule has 0 fully saturated rings. The molecule has 3 rings (SSSR count). The number of primary amides is 1. The highest BCUT2D eigenvalue weighted by Crippen LogP contribution is 2.18. The molecule has 2 heterocycles. The third kappa shape index (κ3) is 5.02. The van der Waals surface area contributed by atoms with Crippen molar-refractivity contribution in [3.8, 4) is 11.6 Å². The number of pyridine rings is 1. The van der Waals surface area contributed by atoms with E-state index >= 15 is 0 Å². The minimum Gasteiger partial charge on any atom is -0.484 e. The summed E-state index contributed by atoms with van der Waals surface area (Å²) in [4.78, 5) is 15.2. The predicted octanol–water partition coefficient (Wildman–Crippen LogP) is 1.27. The number of aromatic nitrogens is 3. The molecule has 0 spiro atoms. The fraction of sp³-hybridized carbons (Fsp3) is 0.250. The summed E-state index contributed by atoms with van der Waals surface area (Å²) in [6, 6.07) is 11.4. The van der Waals surface area contributed by atoms with Gasteiger partial charge in [-0.25, -0.2) is 22.8 Å². The number of amides is 1. The van der Waals surface area contributed by atoms with E-state index in [4.69, 9.17) is 10.5 Å². The number of nitrogens with two attached hydrogens (primary N) is 1. The Kier molecular flexibility index (Phi) is 6.48. The Morgan fingerprint density at radius 3 is 2.53 bits per heavy atom. The number of nitrogens with one attached hydrogen (secondary N) is 1. The first-order valence-corrected chi connectivity index (χ1v) is 10.7. The lowest BCUT2D eigenvalue weighted by Gasteiger charge is -2.09. The molecule has 3 N–H and O–H groups in total. The Balaban J connectivity index is 1.64. The number of rotatable bonds is 9. The molecule has 0 saturated heterocycles. The molecular formula is C20H23N5O4S. The normalized spacial score (nSPS) is 11.4. The van der Waals surface area contributed by atoms with E-state index in [1.807, 2.05) is 32.0 Å². The molecule has 0 aliphatic heterocycles. The maximum absolute atomic E-state index is 12.5. The van der Waals surface area contributed by atoms with E-state index < -0.39 is 15.9 Å². The highest BCUT2D eigenvalue weighted by atomic mass is 32.2.